The second-order valence-corrected chi connectivity index (χ2v) is 7.95. The van der Waals surface area contributed by atoms with Crippen LogP contribution in [0.4, 0.5) is 0 Å². The average molecular weight is 396 g/mol. The second kappa shape index (κ2) is 8.25. The largest absolute Gasteiger partial charge is 0.487 e. The fraction of sp³-hybridized carbons (Fsp3) is 0.231. The topological polar surface area (TPSA) is 55.2 Å². The fourth-order valence-corrected chi connectivity index (χ4v) is 4.30. The van der Waals surface area contributed by atoms with Crippen LogP contribution >= 0.6 is 0 Å². The molecule has 0 spiro atoms. The Morgan fingerprint density at radius 1 is 1.00 bits per heavy atom. The van der Waals surface area contributed by atoms with E-state index in [4.69, 9.17) is 4.74 Å². The molecule has 2 aromatic carbocycles. The molecule has 2 atom stereocenters. The van der Waals surface area contributed by atoms with Gasteiger partial charge in [0.05, 0.1) is 17.3 Å². The number of rotatable bonds is 5. The Morgan fingerprint density at radius 3 is 2.83 bits per heavy atom. The van der Waals surface area contributed by atoms with E-state index >= 15 is 0 Å². The van der Waals surface area contributed by atoms with Gasteiger partial charge >= 0.3 is 0 Å². The molecule has 4 aromatic rings. The number of fused-ring (bicyclic) bond motifs is 2. The number of aliphatic hydroxyl groups excluding tert-OH is 1. The number of aliphatic hydroxyl groups is 1. The Labute approximate surface area is 176 Å². The lowest BCUT2D eigenvalue weighted by Crippen LogP contribution is -2.22. The van der Waals surface area contributed by atoms with E-state index < -0.39 is 6.10 Å². The number of hydrogen-bond donors (Lipinski definition) is 1. The molecule has 0 saturated carbocycles. The van der Waals surface area contributed by atoms with E-state index in [1.54, 1.807) is 6.20 Å². The fourth-order valence-electron chi connectivity index (χ4n) is 4.30. The van der Waals surface area contributed by atoms with Crippen molar-refractivity contribution in [2.24, 2.45) is 5.92 Å². The van der Waals surface area contributed by atoms with Crippen molar-refractivity contribution in [3.05, 3.63) is 102 Å². The Bertz CT molecular complexity index is 1160. The lowest BCUT2D eigenvalue weighted by Gasteiger charge is -2.30. The number of para-hydroxylation sites is 1. The highest BCUT2D eigenvalue weighted by molar-refractivity contribution is 5.78. The molecule has 1 aliphatic carbocycles. The zero-order valence-electron chi connectivity index (χ0n) is 16.7. The Hall–Kier alpha value is -3.24. The smallest absolute Gasteiger partial charge is 0.130 e. The minimum Gasteiger partial charge on any atom is -0.487 e. The predicted molar refractivity (Wildman–Crippen MR) is 117 cm³/mol. The summed E-state index contributed by atoms with van der Waals surface area (Å²) >= 11 is 0. The Balaban J connectivity index is 1.30. The molecule has 0 saturated heterocycles. The monoisotopic (exact) mass is 396 g/mol. The third-order valence-corrected chi connectivity index (χ3v) is 5.93. The van der Waals surface area contributed by atoms with Gasteiger partial charge in [0.25, 0.3) is 0 Å². The normalized spacial score (nSPS) is 18.2. The molecular formula is C26H24N2O2. The first-order valence-corrected chi connectivity index (χ1v) is 10.4. The molecule has 5 rings (SSSR count). The summed E-state index contributed by atoms with van der Waals surface area (Å²) in [7, 11) is 0. The van der Waals surface area contributed by atoms with Crippen LogP contribution in [0, 0.1) is 5.92 Å². The number of ether oxygens (including phenoxy) is 1. The van der Waals surface area contributed by atoms with Gasteiger partial charge < -0.3 is 9.84 Å². The van der Waals surface area contributed by atoms with Crippen molar-refractivity contribution in [3.63, 3.8) is 0 Å². The zero-order chi connectivity index (χ0) is 20.3. The van der Waals surface area contributed by atoms with Gasteiger partial charge in [-0.3, -0.25) is 4.98 Å². The van der Waals surface area contributed by atoms with Crippen molar-refractivity contribution >= 4 is 10.9 Å². The first kappa shape index (κ1) is 18.8. The van der Waals surface area contributed by atoms with Crippen LogP contribution < -0.4 is 4.74 Å². The number of aryl methyl sites for hydroxylation is 1. The van der Waals surface area contributed by atoms with Crippen molar-refractivity contribution in [1.82, 2.24) is 9.97 Å². The summed E-state index contributed by atoms with van der Waals surface area (Å²) in [6.07, 6.45) is 5.97. The molecule has 4 heteroatoms. The molecule has 1 aliphatic rings. The van der Waals surface area contributed by atoms with Crippen LogP contribution in [-0.2, 0) is 19.4 Å². The highest BCUT2D eigenvalue weighted by atomic mass is 16.5. The maximum absolute atomic E-state index is 11.0. The van der Waals surface area contributed by atoms with Crippen molar-refractivity contribution in [3.8, 4) is 5.75 Å². The molecule has 0 fully saturated rings. The third-order valence-electron chi connectivity index (χ3n) is 5.93. The molecular weight excluding hydrogens is 372 g/mol. The third kappa shape index (κ3) is 3.91. The SMILES string of the molecule is O[C@@H]1c2cc(OCc3ccc4ccccc4n3)ccc2CC[C@@H]1Cc1cccnc1. The minimum atomic E-state index is -0.490. The summed E-state index contributed by atoms with van der Waals surface area (Å²) in [6, 6.07) is 22.2. The zero-order valence-corrected chi connectivity index (χ0v) is 16.7. The quantitative estimate of drug-likeness (QED) is 0.513. The van der Waals surface area contributed by atoms with E-state index in [2.05, 4.69) is 34.2 Å². The van der Waals surface area contributed by atoms with E-state index in [1.165, 1.54) is 11.1 Å². The lowest BCUT2D eigenvalue weighted by atomic mass is 9.78. The molecule has 4 nitrogen and oxygen atoms in total. The van der Waals surface area contributed by atoms with Crippen LogP contribution in [-0.4, -0.2) is 15.1 Å². The van der Waals surface area contributed by atoms with Gasteiger partial charge in [-0.05, 0) is 72.2 Å². The number of aromatic nitrogens is 2. The maximum Gasteiger partial charge on any atom is 0.130 e. The molecule has 2 heterocycles. The Morgan fingerprint density at radius 2 is 1.93 bits per heavy atom. The van der Waals surface area contributed by atoms with Gasteiger partial charge in [0.15, 0.2) is 0 Å². The van der Waals surface area contributed by atoms with E-state index in [-0.39, 0.29) is 5.92 Å². The predicted octanol–water partition coefficient (Wildman–Crippen LogP) is 5.05. The van der Waals surface area contributed by atoms with E-state index in [1.807, 2.05) is 48.7 Å². The van der Waals surface area contributed by atoms with Gasteiger partial charge in [-0.1, -0.05) is 36.4 Å². The highest BCUT2D eigenvalue weighted by Gasteiger charge is 2.28. The van der Waals surface area contributed by atoms with Crippen molar-refractivity contribution in [1.29, 1.82) is 0 Å². The number of pyridine rings is 2. The van der Waals surface area contributed by atoms with Crippen molar-refractivity contribution in [2.45, 2.75) is 32.0 Å². The van der Waals surface area contributed by atoms with Crippen LogP contribution in [0.2, 0.25) is 0 Å². The van der Waals surface area contributed by atoms with Crippen molar-refractivity contribution < 1.29 is 9.84 Å². The Kier molecular flexibility index (Phi) is 5.16. The van der Waals surface area contributed by atoms with Gasteiger partial charge in [-0.2, -0.15) is 0 Å². The van der Waals surface area contributed by atoms with Crippen LogP contribution in [0.1, 0.15) is 34.9 Å². The lowest BCUT2D eigenvalue weighted by molar-refractivity contribution is 0.0932. The maximum atomic E-state index is 11.0. The molecule has 0 aliphatic heterocycles. The van der Waals surface area contributed by atoms with E-state index in [0.717, 1.165) is 47.2 Å². The van der Waals surface area contributed by atoms with E-state index in [0.29, 0.717) is 6.61 Å². The molecule has 0 radical (unpaired) electrons. The van der Waals surface area contributed by atoms with Gasteiger partial charge in [0.1, 0.15) is 12.4 Å². The number of hydrogen-bond acceptors (Lipinski definition) is 4. The van der Waals surface area contributed by atoms with E-state index in [9.17, 15) is 5.11 Å². The standard InChI is InChI=1S/C26H24N2O2/c29-26-21(14-18-4-3-13-27-16-18)8-7-19-10-12-23(15-24(19)26)30-17-22-11-9-20-5-1-2-6-25(20)28-22/h1-6,9-13,15-16,21,26,29H,7-8,14,17H2/t21-,26+/m1/s1. The summed E-state index contributed by atoms with van der Waals surface area (Å²) in [5.41, 5.74) is 5.22. The van der Waals surface area contributed by atoms with Gasteiger partial charge in [0.2, 0.25) is 0 Å². The minimum absolute atomic E-state index is 0.194. The first-order valence-electron chi connectivity index (χ1n) is 10.4. The summed E-state index contributed by atoms with van der Waals surface area (Å²) in [5, 5.41) is 12.1. The number of nitrogens with zero attached hydrogens (tertiary/aromatic N) is 2. The summed E-state index contributed by atoms with van der Waals surface area (Å²) < 4.78 is 6.03. The molecule has 2 aromatic heterocycles. The van der Waals surface area contributed by atoms with Gasteiger partial charge in [0, 0.05) is 17.8 Å². The second-order valence-electron chi connectivity index (χ2n) is 7.95. The van der Waals surface area contributed by atoms with Crippen molar-refractivity contribution in [2.75, 3.05) is 0 Å². The van der Waals surface area contributed by atoms with Crippen LogP contribution in [0.15, 0.2) is 79.1 Å². The summed E-state index contributed by atoms with van der Waals surface area (Å²) in [5.74, 6) is 0.962. The molecule has 0 bridgehead atoms. The molecule has 30 heavy (non-hydrogen) atoms. The van der Waals surface area contributed by atoms with Crippen LogP contribution in [0.5, 0.6) is 5.75 Å². The molecule has 0 unspecified atom stereocenters. The first-order chi connectivity index (χ1) is 14.8. The van der Waals surface area contributed by atoms with Gasteiger partial charge in [-0.25, -0.2) is 4.98 Å². The average Bonchev–Trinajstić information content (AvgIpc) is 2.80. The summed E-state index contributed by atoms with van der Waals surface area (Å²) in [6.45, 7) is 0.402. The van der Waals surface area contributed by atoms with Gasteiger partial charge in [-0.15, -0.1) is 0 Å². The van der Waals surface area contributed by atoms with Crippen LogP contribution in [0.25, 0.3) is 10.9 Å². The molecule has 1 N–H and O–H groups in total. The number of benzene rings is 2. The summed E-state index contributed by atoms with van der Waals surface area (Å²) in [4.78, 5) is 8.87. The highest BCUT2D eigenvalue weighted by Crippen LogP contribution is 2.38. The molecule has 150 valence electrons. The van der Waals surface area contributed by atoms with Crippen LogP contribution in [0.3, 0.4) is 0 Å². The molecule has 0 amide bonds.